The molecule has 1 aromatic heterocycles. The predicted octanol–water partition coefficient (Wildman–Crippen LogP) is 1.70. The fourth-order valence-corrected chi connectivity index (χ4v) is 2.46. The summed E-state index contributed by atoms with van der Waals surface area (Å²) in [7, 11) is -3.53. The quantitative estimate of drug-likeness (QED) is 0.795. The molecule has 1 N–H and O–H groups in total. The Kier molecular flexibility index (Phi) is 5.54. The van der Waals surface area contributed by atoms with E-state index in [0.29, 0.717) is 12.4 Å². The first-order chi connectivity index (χ1) is 10.6. The molecule has 22 heavy (non-hydrogen) atoms. The normalized spacial score (nSPS) is 11.0. The number of hydrogen-bond acceptors (Lipinski definition) is 6. The van der Waals surface area contributed by atoms with E-state index in [1.807, 2.05) is 25.1 Å². The van der Waals surface area contributed by atoms with Gasteiger partial charge in [0.05, 0.1) is 24.7 Å². The lowest BCUT2D eigenvalue weighted by Gasteiger charge is -2.09. The van der Waals surface area contributed by atoms with Crippen LogP contribution in [0, 0.1) is 0 Å². The molecule has 0 saturated carbocycles. The minimum atomic E-state index is -3.53. The van der Waals surface area contributed by atoms with Crippen molar-refractivity contribution in [1.82, 2.24) is 9.97 Å². The molecule has 0 fully saturated rings. The number of para-hydroxylation sites is 1. The molecule has 0 aliphatic carbocycles. The summed E-state index contributed by atoms with van der Waals surface area (Å²) >= 11 is 0. The van der Waals surface area contributed by atoms with Gasteiger partial charge in [0.1, 0.15) is 18.1 Å². The number of sulfonamides is 1. The molecule has 8 heteroatoms. The first-order valence-corrected chi connectivity index (χ1v) is 8.37. The van der Waals surface area contributed by atoms with Gasteiger partial charge in [-0.1, -0.05) is 18.2 Å². The van der Waals surface area contributed by atoms with Crippen LogP contribution in [0.4, 0.5) is 5.69 Å². The summed E-state index contributed by atoms with van der Waals surface area (Å²) in [5, 5.41) is 0. The molecule has 2 rings (SSSR count). The molecule has 2 aromatic rings. The minimum Gasteiger partial charge on any atom is -0.492 e. The Labute approximate surface area is 129 Å². The Hall–Kier alpha value is -2.35. The molecule has 1 aromatic carbocycles. The van der Waals surface area contributed by atoms with Gasteiger partial charge >= 0.3 is 6.01 Å². The van der Waals surface area contributed by atoms with Crippen LogP contribution in [0.2, 0.25) is 0 Å². The van der Waals surface area contributed by atoms with Crippen LogP contribution in [0.5, 0.6) is 11.8 Å². The number of anilines is 1. The summed E-state index contributed by atoms with van der Waals surface area (Å²) in [5.41, 5.74) is 0.281. The van der Waals surface area contributed by atoms with Crippen molar-refractivity contribution in [3.05, 3.63) is 42.7 Å². The zero-order valence-electron chi connectivity index (χ0n) is 12.1. The maximum Gasteiger partial charge on any atom is 0.316 e. The average molecular weight is 323 g/mol. The molecule has 0 amide bonds. The summed E-state index contributed by atoms with van der Waals surface area (Å²) in [6, 6.07) is 9.23. The zero-order chi connectivity index (χ0) is 15.8. The summed E-state index contributed by atoms with van der Waals surface area (Å²) < 4.78 is 36.7. The molecule has 0 atom stereocenters. The summed E-state index contributed by atoms with van der Waals surface area (Å²) in [4.78, 5) is 7.78. The van der Waals surface area contributed by atoms with Crippen LogP contribution < -0.4 is 14.2 Å². The van der Waals surface area contributed by atoms with E-state index in [-0.39, 0.29) is 24.1 Å². The van der Waals surface area contributed by atoms with Crippen molar-refractivity contribution in [3.8, 4) is 11.8 Å². The lowest BCUT2D eigenvalue weighted by atomic mass is 10.3. The van der Waals surface area contributed by atoms with Crippen molar-refractivity contribution in [2.45, 2.75) is 6.92 Å². The highest BCUT2D eigenvalue weighted by atomic mass is 32.2. The molecule has 0 saturated heterocycles. The SMILES string of the molecule is CCOc1ncc(NS(=O)(=O)CCOc2ccccc2)cn1. The largest absolute Gasteiger partial charge is 0.492 e. The van der Waals surface area contributed by atoms with Crippen molar-refractivity contribution < 1.29 is 17.9 Å². The van der Waals surface area contributed by atoms with Crippen molar-refractivity contribution in [1.29, 1.82) is 0 Å². The topological polar surface area (TPSA) is 90.4 Å². The molecule has 0 radical (unpaired) electrons. The molecule has 118 valence electrons. The number of rotatable bonds is 8. The Morgan fingerprint density at radius 3 is 2.41 bits per heavy atom. The second kappa shape index (κ2) is 7.60. The molecular weight excluding hydrogens is 306 g/mol. The van der Waals surface area contributed by atoms with E-state index < -0.39 is 10.0 Å². The molecule has 1 heterocycles. The van der Waals surface area contributed by atoms with Gasteiger partial charge in [-0.3, -0.25) is 4.72 Å². The van der Waals surface area contributed by atoms with Crippen molar-refractivity contribution in [2.75, 3.05) is 23.7 Å². The standard InChI is InChI=1S/C14H17N3O4S/c1-2-20-14-15-10-12(11-16-14)17-22(18,19)9-8-21-13-6-4-3-5-7-13/h3-7,10-11,17H,2,8-9H2,1H3. The fourth-order valence-electron chi connectivity index (χ4n) is 1.59. The van der Waals surface area contributed by atoms with Crippen LogP contribution in [0.25, 0.3) is 0 Å². The molecule has 7 nitrogen and oxygen atoms in total. The van der Waals surface area contributed by atoms with E-state index >= 15 is 0 Å². The van der Waals surface area contributed by atoms with Gasteiger partial charge < -0.3 is 9.47 Å². The number of nitrogens with one attached hydrogen (secondary N) is 1. The van der Waals surface area contributed by atoms with Gasteiger partial charge in [0.25, 0.3) is 0 Å². The van der Waals surface area contributed by atoms with Gasteiger partial charge in [-0.25, -0.2) is 18.4 Å². The van der Waals surface area contributed by atoms with E-state index in [1.54, 1.807) is 12.1 Å². The van der Waals surface area contributed by atoms with Gasteiger partial charge in [0.15, 0.2) is 0 Å². The summed E-state index contributed by atoms with van der Waals surface area (Å²) in [6.45, 7) is 2.31. The van der Waals surface area contributed by atoms with Crippen LogP contribution in [-0.2, 0) is 10.0 Å². The second-order valence-electron chi connectivity index (χ2n) is 4.27. The number of nitrogens with zero attached hydrogens (tertiary/aromatic N) is 2. The smallest absolute Gasteiger partial charge is 0.316 e. The molecular formula is C14H17N3O4S. The van der Waals surface area contributed by atoms with E-state index in [2.05, 4.69) is 14.7 Å². The van der Waals surface area contributed by atoms with Gasteiger partial charge in [0.2, 0.25) is 10.0 Å². The van der Waals surface area contributed by atoms with Gasteiger partial charge in [-0.05, 0) is 19.1 Å². The maximum absolute atomic E-state index is 11.9. The highest BCUT2D eigenvalue weighted by molar-refractivity contribution is 7.92. The van der Waals surface area contributed by atoms with Gasteiger partial charge in [-0.15, -0.1) is 0 Å². The van der Waals surface area contributed by atoms with Crippen LogP contribution in [0.1, 0.15) is 6.92 Å². The van der Waals surface area contributed by atoms with Crippen LogP contribution in [0.3, 0.4) is 0 Å². The highest BCUT2D eigenvalue weighted by Gasteiger charge is 2.11. The van der Waals surface area contributed by atoms with E-state index in [4.69, 9.17) is 9.47 Å². The highest BCUT2D eigenvalue weighted by Crippen LogP contribution is 2.11. The number of hydrogen-bond donors (Lipinski definition) is 1. The Morgan fingerprint density at radius 2 is 1.77 bits per heavy atom. The Balaban J connectivity index is 1.85. The van der Waals surface area contributed by atoms with E-state index in [9.17, 15) is 8.42 Å². The molecule has 0 bridgehead atoms. The third-order valence-corrected chi connectivity index (χ3v) is 3.79. The van der Waals surface area contributed by atoms with E-state index in [0.717, 1.165) is 0 Å². The van der Waals surface area contributed by atoms with E-state index in [1.165, 1.54) is 12.4 Å². The van der Waals surface area contributed by atoms with Gasteiger partial charge in [-0.2, -0.15) is 0 Å². The molecule has 0 aliphatic rings. The van der Waals surface area contributed by atoms with Crippen molar-refractivity contribution in [2.24, 2.45) is 0 Å². The third-order valence-electron chi connectivity index (χ3n) is 2.54. The first kappa shape index (κ1) is 16.0. The van der Waals surface area contributed by atoms with Crippen molar-refractivity contribution >= 4 is 15.7 Å². The average Bonchev–Trinajstić information content (AvgIpc) is 2.50. The molecule has 0 aliphatic heterocycles. The zero-order valence-corrected chi connectivity index (χ0v) is 12.9. The molecule has 0 unspecified atom stereocenters. The lowest BCUT2D eigenvalue weighted by Crippen LogP contribution is -2.21. The van der Waals surface area contributed by atoms with Crippen LogP contribution in [0.15, 0.2) is 42.7 Å². The Morgan fingerprint density at radius 1 is 1.09 bits per heavy atom. The molecule has 0 spiro atoms. The van der Waals surface area contributed by atoms with Gasteiger partial charge in [0, 0.05) is 0 Å². The number of ether oxygens (including phenoxy) is 2. The number of aromatic nitrogens is 2. The van der Waals surface area contributed by atoms with Crippen LogP contribution >= 0.6 is 0 Å². The Bertz CT molecular complexity index is 675. The number of benzene rings is 1. The minimum absolute atomic E-state index is 0.0528. The van der Waals surface area contributed by atoms with Crippen molar-refractivity contribution in [3.63, 3.8) is 0 Å². The maximum atomic E-state index is 11.9. The lowest BCUT2D eigenvalue weighted by molar-refractivity contribution is 0.312. The third kappa shape index (κ3) is 5.21. The van der Waals surface area contributed by atoms with Crippen LogP contribution in [-0.4, -0.2) is 37.4 Å². The second-order valence-corrected chi connectivity index (χ2v) is 6.11. The summed E-state index contributed by atoms with van der Waals surface area (Å²) in [6.07, 6.45) is 2.71. The monoisotopic (exact) mass is 323 g/mol. The first-order valence-electron chi connectivity index (χ1n) is 6.72. The summed E-state index contributed by atoms with van der Waals surface area (Å²) in [5.74, 6) is 0.455. The fraction of sp³-hybridized carbons (Fsp3) is 0.286. The predicted molar refractivity (Wildman–Crippen MR) is 82.5 cm³/mol.